The van der Waals surface area contributed by atoms with Crippen LogP contribution in [0.2, 0.25) is 0 Å². The standard InChI is InChI=1S/C131H92F2N2O2/c1-7-87-35-63-107(64-36-87)136-109-67-47-97(48-68-109)129(123-75-83(3)31-33-85(123)5)119-27-13-9-23-111(119)115-71-59-103(79-125(115)129)134(101-55-43-91(44-56-101)95-21-17-19-93(77-95)89-39-51-99(132)52-40-89)105-61-73-117-113-25-11-15-29-121(113)131(127(117)81-105)122-30-16-12-26-114(122)118-74-62-106(82-128(118)131)135(102-57-45-92(46-58-102)96-22-18-20-94(78-96)90-41-53-100(133)54-42-90)104-60-72-116-112-24-10-14-28-120(112)130(126(116)80-104,124-76-84(4)32-34-86(124)6)98-49-69-110(70-50-98)137-108-65-37-88(8-2)38-66-108/h7-82H,1-2H2,3-6H3. The largest absolute Gasteiger partial charge is 0.457 e. The van der Waals surface area contributed by atoms with Crippen molar-refractivity contribution in [2.24, 2.45) is 0 Å². The van der Waals surface area contributed by atoms with Crippen molar-refractivity contribution in [3.05, 3.63) is 574 Å². The second kappa shape index (κ2) is 33.3. The van der Waals surface area contributed by atoms with Crippen molar-refractivity contribution in [3.63, 3.8) is 0 Å². The van der Waals surface area contributed by atoms with Crippen LogP contribution in [-0.2, 0) is 16.2 Å². The normalized spacial score (nSPS) is 15.2. The molecule has 0 N–H and O–H groups in total. The average molecular weight is 1760 g/mol. The van der Waals surface area contributed by atoms with E-state index in [2.05, 4.69) is 403 Å². The van der Waals surface area contributed by atoms with Gasteiger partial charge in [-0.3, -0.25) is 0 Å². The molecule has 20 aromatic rings. The third-order valence-corrected chi connectivity index (χ3v) is 29.0. The van der Waals surface area contributed by atoms with E-state index in [-0.39, 0.29) is 11.6 Å². The molecule has 137 heavy (non-hydrogen) atoms. The fourth-order valence-corrected chi connectivity index (χ4v) is 22.7. The summed E-state index contributed by atoms with van der Waals surface area (Å²) in [6.07, 6.45) is 3.69. The van der Waals surface area contributed by atoms with E-state index in [0.717, 1.165) is 146 Å². The number of fused-ring (bicyclic) bond motifs is 16. The van der Waals surface area contributed by atoms with Gasteiger partial charge in [0.05, 0.1) is 16.2 Å². The fraction of sp³-hybridized carbons (Fsp3) is 0.0534. The first-order chi connectivity index (χ1) is 67.2. The molecule has 0 bridgehead atoms. The van der Waals surface area contributed by atoms with Crippen LogP contribution in [0.1, 0.15) is 100 Å². The van der Waals surface area contributed by atoms with E-state index >= 15 is 0 Å². The van der Waals surface area contributed by atoms with Crippen LogP contribution in [0.4, 0.5) is 42.9 Å². The molecular weight excluding hydrogens is 1670 g/mol. The molecule has 0 saturated carbocycles. The molecule has 652 valence electrons. The minimum absolute atomic E-state index is 0.269. The zero-order valence-electron chi connectivity index (χ0n) is 76.3. The zero-order valence-corrected chi connectivity index (χ0v) is 76.3. The summed E-state index contributed by atoms with van der Waals surface area (Å²) in [5, 5.41) is 0. The number of anilines is 6. The van der Waals surface area contributed by atoms with Crippen molar-refractivity contribution in [2.45, 2.75) is 43.9 Å². The van der Waals surface area contributed by atoms with Gasteiger partial charge in [0.2, 0.25) is 0 Å². The van der Waals surface area contributed by atoms with Gasteiger partial charge in [-0.25, -0.2) is 8.78 Å². The Morgan fingerprint density at radius 2 is 0.474 bits per heavy atom. The summed E-state index contributed by atoms with van der Waals surface area (Å²) in [5.74, 6) is 2.42. The van der Waals surface area contributed by atoms with E-state index in [0.29, 0.717) is 0 Å². The maximum absolute atomic E-state index is 14.5. The molecule has 0 aromatic heterocycles. The molecule has 0 heterocycles. The lowest BCUT2D eigenvalue weighted by Crippen LogP contribution is -2.30. The highest BCUT2D eigenvalue weighted by Crippen LogP contribution is 2.66. The Morgan fingerprint density at radius 1 is 0.212 bits per heavy atom. The monoisotopic (exact) mass is 1760 g/mol. The molecule has 6 heteroatoms. The Bertz CT molecular complexity index is 7740. The summed E-state index contributed by atoms with van der Waals surface area (Å²) in [7, 11) is 0. The fourth-order valence-electron chi connectivity index (χ4n) is 22.7. The first-order valence-corrected chi connectivity index (χ1v) is 46.9. The third-order valence-electron chi connectivity index (χ3n) is 29.0. The topological polar surface area (TPSA) is 24.9 Å². The van der Waals surface area contributed by atoms with Gasteiger partial charge in [-0.2, -0.15) is 0 Å². The maximum atomic E-state index is 14.5. The summed E-state index contributed by atoms with van der Waals surface area (Å²) in [5.41, 5.74) is 41.7. The Balaban J connectivity index is 0.709. The van der Waals surface area contributed by atoms with Gasteiger partial charge in [-0.1, -0.05) is 328 Å². The lowest BCUT2D eigenvalue weighted by atomic mass is 9.66. The number of hydrogen-bond donors (Lipinski definition) is 0. The minimum Gasteiger partial charge on any atom is -0.457 e. The van der Waals surface area contributed by atoms with E-state index in [1.165, 1.54) is 124 Å². The van der Waals surface area contributed by atoms with Crippen LogP contribution in [0.5, 0.6) is 23.0 Å². The number of benzene rings is 20. The Labute approximate surface area is 798 Å². The Kier molecular flexibility index (Phi) is 20.2. The predicted molar refractivity (Wildman–Crippen MR) is 561 cm³/mol. The molecule has 20 aromatic carbocycles. The number of ether oxygens (including phenoxy) is 2. The molecule has 0 fully saturated rings. The Morgan fingerprint density at radius 3 is 0.781 bits per heavy atom. The van der Waals surface area contributed by atoms with E-state index in [1.54, 1.807) is 0 Å². The number of hydrogen-bond acceptors (Lipinski definition) is 4. The molecule has 0 amide bonds. The van der Waals surface area contributed by atoms with Crippen LogP contribution in [-0.4, -0.2) is 0 Å². The highest BCUT2D eigenvalue weighted by molar-refractivity contribution is 6.00. The summed E-state index contributed by atoms with van der Waals surface area (Å²) >= 11 is 0. The predicted octanol–water partition coefficient (Wildman–Crippen LogP) is 34.7. The first kappa shape index (κ1) is 83.0. The molecule has 0 aliphatic heterocycles. The second-order valence-electron chi connectivity index (χ2n) is 36.7. The van der Waals surface area contributed by atoms with Crippen LogP contribution in [0.15, 0.2) is 462 Å². The molecule has 1 spiro atoms. The molecule has 4 aliphatic rings. The minimum atomic E-state index is -0.870. The van der Waals surface area contributed by atoms with Crippen molar-refractivity contribution in [1.82, 2.24) is 0 Å². The highest BCUT2D eigenvalue weighted by Gasteiger charge is 2.54. The summed E-state index contributed by atoms with van der Waals surface area (Å²) in [4.78, 5) is 4.97. The third kappa shape index (κ3) is 13.7. The van der Waals surface area contributed by atoms with Crippen LogP contribution >= 0.6 is 0 Å². The lowest BCUT2D eigenvalue weighted by molar-refractivity contribution is 0.482. The number of rotatable bonds is 20. The van der Waals surface area contributed by atoms with Crippen molar-refractivity contribution < 1.29 is 18.3 Å². The highest BCUT2D eigenvalue weighted by atomic mass is 19.1. The lowest BCUT2D eigenvalue weighted by Gasteiger charge is -2.36. The van der Waals surface area contributed by atoms with Gasteiger partial charge in [0.25, 0.3) is 0 Å². The van der Waals surface area contributed by atoms with Gasteiger partial charge in [-0.05, 0) is 363 Å². The van der Waals surface area contributed by atoms with Crippen LogP contribution in [0, 0.1) is 39.3 Å². The molecular formula is C131H92F2N2O2. The number of nitrogens with zero attached hydrogens (tertiary/aromatic N) is 2. The van der Waals surface area contributed by atoms with E-state index in [1.807, 2.05) is 84.9 Å². The molecule has 0 saturated heterocycles. The average Bonchev–Trinajstić information content (AvgIpc) is 1.49. The zero-order chi connectivity index (χ0) is 92.4. The molecule has 0 radical (unpaired) electrons. The number of aryl methyl sites for hydroxylation is 4. The SMILES string of the molecule is C=Cc1ccc(Oc2ccc(C3(c4cc(C)ccc4C)c4ccccc4-c4ccc(N(c5ccc(-c6cccc(-c7ccc(F)cc7)c6)cc5)c5ccc6c(c5)C5(c7ccccc7-6)c6ccccc6-c6ccc(N(c7ccc(-c8cccc(-c9ccc(F)cc9)c8)cc7)c7ccc8c(c7)C(c7ccc(Oc9ccc(C=C)cc9)cc7)(c7cc(C)ccc7C)c7ccccc7-8)cc65)cc43)cc2)cc1. The van der Waals surface area contributed by atoms with Gasteiger partial charge in [0.1, 0.15) is 34.6 Å². The molecule has 24 rings (SSSR count). The van der Waals surface area contributed by atoms with E-state index in [9.17, 15) is 8.78 Å². The van der Waals surface area contributed by atoms with Gasteiger partial charge in [0.15, 0.2) is 0 Å². The van der Waals surface area contributed by atoms with Gasteiger partial charge >= 0.3 is 0 Å². The Hall–Kier alpha value is -17.1. The van der Waals surface area contributed by atoms with Crippen LogP contribution in [0.25, 0.3) is 101 Å². The van der Waals surface area contributed by atoms with Crippen LogP contribution in [0.3, 0.4) is 0 Å². The molecule has 4 nitrogen and oxygen atoms in total. The van der Waals surface area contributed by atoms with Crippen molar-refractivity contribution in [3.8, 4) is 112 Å². The van der Waals surface area contributed by atoms with Gasteiger partial charge in [0, 0.05) is 34.1 Å². The second-order valence-corrected chi connectivity index (χ2v) is 36.7. The number of halogens is 2. The summed E-state index contributed by atoms with van der Waals surface area (Å²) in [6, 6.07) is 161. The van der Waals surface area contributed by atoms with Crippen molar-refractivity contribution >= 4 is 46.3 Å². The van der Waals surface area contributed by atoms with Gasteiger partial charge in [-0.15, -0.1) is 0 Å². The van der Waals surface area contributed by atoms with E-state index in [4.69, 9.17) is 9.47 Å². The molecule has 4 aliphatic carbocycles. The van der Waals surface area contributed by atoms with Gasteiger partial charge < -0.3 is 19.3 Å². The van der Waals surface area contributed by atoms with Crippen molar-refractivity contribution in [1.29, 1.82) is 0 Å². The summed E-state index contributed by atoms with van der Waals surface area (Å²) in [6.45, 7) is 16.9. The van der Waals surface area contributed by atoms with Crippen molar-refractivity contribution in [2.75, 3.05) is 9.80 Å². The van der Waals surface area contributed by atoms with Crippen LogP contribution < -0.4 is 19.3 Å². The first-order valence-electron chi connectivity index (χ1n) is 46.9. The quantitative estimate of drug-likeness (QED) is 0.0759. The maximum Gasteiger partial charge on any atom is 0.127 e. The molecule has 2 unspecified atom stereocenters. The summed E-state index contributed by atoms with van der Waals surface area (Å²) < 4.78 is 42.3. The van der Waals surface area contributed by atoms with E-state index < -0.39 is 16.2 Å². The smallest absolute Gasteiger partial charge is 0.127 e. The molecule has 2 atom stereocenters.